The topological polar surface area (TPSA) is 16.6 Å². The van der Waals surface area contributed by atoms with Gasteiger partial charge in [-0.25, -0.2) is 0 Å². The average molecular weight is 130 g/mol. The molecule has 0 bridgehead atoms. The predicted molar refractivity (Wildman–Crippen MR) is 41.4 cm³/mol. The van der Waals surface area contributed by atoms with E-state index in [1.165, 1.54) is 25.9 Å². The summed E-state index contributed by atoms with van der Waals surface area (Å²) in [6.45, 7) is 9.28. The van der Waals surface area contributed by atoms with Crippen LogP contribution in [0.4, 0.5) is 0 Å². The lowest BCUT2D eigenvalue weighted by Crippen LogP contribution is -2.96. The van der Waals surface area contributed by atoms with Crippen molar-refractivity contribution in [3.63, 3.8) is 0 Å². The standard InChI is InChI=1S/C5H11N.C3H8/c1-2-5-3-6-4-5;1-3-2/h5-6H,2-4H2,1H3;3H2,1-2H3/p+1. The molecule has 1 heterocycles. The number of hydrogen-bond donors (Lipinski definition) is 1. The van der Waals surface area contributed by atoms with E-state index in [4.69, 9.17) is 0 Å². The van der Waals surface area contributed by atoms with Gasteiger partial charge in [0.25, 0.3) is 0 Å². The predicted octanol–water partition coefficient (Wildman–Crippen LogP) is 1.01. The SMILES string of the molecule is CCC.CCC1C[NH2+]C1. The second kappa shape index (κ2) is 6.09. The first-order valence-corrected chi connectivity index (χ1v) is 4.16. The summed E-state index contributed by atoms with van der Waals surface area (Å²) >= 11 is 0. The Morgan fingerprint density at radius 2 is 1.67 bits per heavy atom. The number of hydrogen-bond acceptors (Lipinski definition) is 0. The molecule has 1 aliphatic rings. The van der Waals surface area contributed by atoms with Gasteiger partial charge < -0.3 is 5.32 Å². The first-order valence-electron chi connectivity index (χ1n) is 4.16. The molecule has 1 aliphatic heterocycles. The van der Waals surface area contributed by atoms with Crippen LogP contribution in [0, 0.1) is 5.92 Å². The molecule has 1 heteroatoms. The molecule has 2 N–H and O–H groups in total. The minimum absolute atomic E-state index is 1.06. The quantitative estimate of drug-likeness (QED) is 0.545. The summed E-state index contributed by atoms with van der Waals surface area (Å²) in [5.74, 6) is 1.06. The molecule has 0 saturated carbocycles. The van der Waals surface area contributed by atoms with E-state index in [1.807, 2.05) is 0 Å². The molecule has 0 spiro atoms. The van der Waals surface area contributed by atoms with Crippen LogP contribution in [0.25, 0.3) is 0 Å². The van der Waals surface area contributed by atoms with Gasteiger partial charge in [0.1, 0.15) is 0 Å². The second-order valence-electron chi connectivity index (χ2n) is 2.74. The van der Waals surface area contributed by atoms with Gasteiger partial charge in [-0.05, 0) is 6.42 Å². The highest BCUT2D eigenvalue weighted by atomic mass is 14.9. The molecule has 0 aromatic carbocycles. The lowest BCUT2D eigenvalue weighted by Gasteiger charge is -2.20. The van der Waals surface area contributed by atoms with Crippen molar-refractivity contribution in [2.75, 3.05) is 13.1 Å². The third-order valence-corrected chi connectivity index (χ3v) is 1.58. The van der Waals surface area contributed by atoms with Crippen molar-refractivity contribution in [1.29, 1.82) is 0 Å². The summed E-state index contributed by atoms with van der Waals surface area (Å²) in [6, 6.07) is 0. The fourth-order valence-electron chi connectivity index (χ4n) is 0.736. The summed E-state index contributed by atoms with van der Waals surface area (Å²) in [6.07, 6.45) is 2.64. The van der Waals surface area contributed by atoms with Crippen LogP contribution >= 0.6 is 0 Å². The van der Waals surface area contributed by atoms with Crippen molar-refractivity contribution < 1.29 is 5.32 Å². The Kier molecular flexibility index (Phi) is 6.06. The van der Waals surface area contributed by atoms with Crippen LogP contribution in [0.15, 0.2) is 0 Å². The van der Waals surface area contributed by atoms with E-state index >= 15 is 0 Å². The summed E-state index contributed by atoms with van der Waals surface area (Å²) in [5, 5.41) is 2.36. The van der Waals surface area contributed by atoms with Gasteiger partial charge in [0.05, 0.1) is 19.0 Å². The molecular weight excluding hydrogens is 110 g/mol. The molecule has 56 valence electrons. The molecular formula is C8H20N+. The maximum atomic E-state index is 2.36. The van der Waals surface area contributed by atoms with Crippen LogP contribution in [-0.4, -0.2) is 13.1 Å². The third-order valence-electron chi connectivity index (χ3n) is 1.58. The number of nitrogens with two attached hydrogens (primary N) is 1. The molecule has 1 saturated heterocycles. The fraction of sp³-hybridized carbons (Fsp3) is 1.00. The van der Waals surface area contributed by atoms with E-state index in [0.717, 1.165) is 5.92 Å². The summed E-state index contributed by atoms with van der Waals surface area (Å²) in [4.78, 5) is 0. The maximum Gasteiger partial charge on any atom is 0.0838 e. The highest BCUT2D eigenvalue weighted by Gasteiger charge is 2.17. The number of quaternary nitrogens is 1. The normalized spacial score (nSPS) is 17.7. The van der Waals surface area contributed by atoms with Crippen LogP contribution in [0.3, 0.4) is 0 Å². The van der Waals surface area contributed by atoms with Crippen molar-refractivity contribution in [3.05, 3.63) is 0 Å². The van der Waals surface area contributed by atoms with Gasteiger partial charge in [-0.2, -0.15) is 0 Å². The Bertz CT molecular complexity index is 45.8. The zero-order valence-electron chi connectivity index (χ0n) is 6.98. The molecule has 0 atom stereocenters. The van der Waals surface area contributed by atoms with Crippen LogP contribution in [0.2, 0.25) is 0 Å². The minimum Gasteiger partial charge on any atom is -0.345 e. The Hall–Kier alpha value is -0.0400. The molecule has 0 radical (unpaired) electrons. The van der Waals surface area contributed by atoms with Crippen LogP contribution in [0.1, 0.15) is 33.6 Å². The summed E-state index contributed by atoms with van der Waals surface area (Å²) < 4.78 is 0. The molecule has 0 aromatic heterocycles. The van der Waals surface area contributed by atoms with E-state index in [9.17, 15) is 0 Å². The Morgan fingerprint density at radius 3 is 1.67 bits per heavy atom. The summed E-state index contributed by atoms with van der Waals surface area (Å²) in [7, 11) is 0. The van der Waals surface area contributed by atoms with E-state index in [-0.39, 0.29) is 0 Å². The minimum atomic E-state index is 1.06. The van der Waals surface area contributed by atoms with Crippen LogP contribution < -0.4 is 5.32 Å². The number of rotatable bonds is 1. The van der Waals surface area contributed by atoms with Gasteiger partial charge in [-0.3, -0.25) is 0 Å². The average Bonchev–Trinajstić information content (AvgIpc) is 1.64. The molecule has 0 unspecified atom stereocenters. The first-order chi connectivity index (χ1) is 4.35. The molecule has 9 heavy (non-hydrogen) atoms. The highest BCUT2D eigenvalue weighted by molar-refractivity contribution is 4.55. The lowest BCUT2D eigenvalue weighted by molar-refractivity contribution is -0.723. The Balaban J connectivity index is 0.000000187. The van der Waals surface area contributed by atoms with E-state index in [0.29, 0.717) is 0 Å². The molecule has 0 amide bonds. The van der Waals surface area contributed by atoms with E-state index in [2.05, 4.69) is 26.1 Å². The first kappa shape index (κ1) is 8.96. The van der Waals surface area contributed by atoms with Crippen molar-refractivity contribution >= 4 is 0 Å². The van der Waals surface area contributed by atoms with Gasteiger partial charge in [0.15, 0.2) is 0 Å². The van der Waals surface area contributed by atoms with Crippen molar-refractivity contribution in [1.82, 2.24) is 0 Å². The maximum absolute atomic E-state index is 2.36. The van der Waals surface area contributed by atoms with E-state index < -0.39 is 0 Å². The van der Waals surface area contributed by atoms with Crippen molar-refractivity contribution in [3.8, 4) is 0 Å². The molecule has 1 rings (SSSR count). The molecule has 1 fully saturated rings. The van der Waals surface area contributed by atoms with Crippen molar-refractivity contribution in [2.45, 2.75) is 33.6 Å². The van der Waals surface area contributed by atoms with Gasteiger partial charge in [0.2, 0.25) is 0 Å². The Labute approximate surface area is 58.8 Å². The van der Waals surface area contributed by atoms with Crippen molar-refractivity contribution in [2.24, 2.45) is 5.92 Å². The Morgan fingerprint density at radius 1 is 1.22 bits per heavy atom. The zero-order chi connectivity index (χ0) is 7.11. The van der Waals surface area contributed by atoms with Gasteiger partial charge in [-0.1, -0.05) is 27.2 Å². The van der Waals surface area contributed by atoms with Gasteiger partial charge in [0, 0.05) is 0 Å². The second-order valence-corrected chi connectivity index (χ2v) is 2.74. The molecule has 0 aromatic rings. The van der Waals surface area contributed by atoms with E-state index in [1.54, 1.807) is 0 Å². The highest BCUT2D eigenvalue weighted by Crippen LogP contribution is 1.98. The molecule has 0 aliphatic carbocycles. The largest absolute Gasteiger partial charge is 0.345 e. The van der Waals surface area contributed by atoms with Gasteiger partial charge >= 0.3 is 0 Å². The van der Waals surface area contributed by atoms with Crippen LogP contribution in [-0.2, 0) is 0 Å². The zero-order valence-corrected chi connectivity index (χ0v) is 6.98. The third kappa shape index (κ3) is 4.46. The summed E-state index contributed by atoms with van der Waals surface area (Å²) in [5.41, 5.74) is 0. The lowest BCUT2D eigenvalue weighted by atomic mass is 10.0. The van der Waals surface area contributed by atoms with Gasteiger partial charge in [-0.15, -0.1) is 0 Å². The van der Waals surface area contributed by atoms with Crippen LogP contribution in [0.5, 0.6) is 0 Å². The smallest absolute Gasteiger partial charge is 0.0838 e. The fourth-order valence-corrected chi connectivity index (χ4v) is 0.736. The monoisotopic (exact) mass is 130 g/mol. The molecule has 1 nitrogen and oxygen atoms in total.